The van der Waals surface area contributed by atoms with Crippen molar-refractivity contribution in [3.05, 3.63) is 94.9 Å². The van der Waals surface area contributed by atoms with Crippen LogP contribution < -0.4 is 5.32 Å². The van der Waals surface area contributed by atoms with E-state index in [0.29, 0.717) is 17.6 Å². The Morgan fingerprint density at radius 1 is 1.06 bits per heavy atom. The molecule has 0 bridgehead atoms. The summed E-state index contributed by atoms with van der Waals surface area (Å²) in [7, 11) is -2.10. The van der Waals surface area contributed by atoms with Crippen molar-refractivity contribution >= 4 is 20.9 Å². The molecule has 0 aliphatic rings. The maximum absolute atomic E-state index is 14.4. The number of halogens is 2. The van der Waals surface area contributed by atoms with Crippen LogP contribution in [-0.2, 0) is 23.0 Å². The van der Waals surface area contributed by atoms with Crippen molar-refractivity contribution in [2.75, 3.05) is 7.05 Å². The minimum absolute atomic E-state index is 0.0694. The maximum atomic E-state index is 14.4. The first-order valence-electron chi connectivity index (χ1n) is 9.69. The van der Waals surface area contributed by atoms with Crippen LogP contribution in [0.3, 0.4) is 0 Å². The van der Waals surface area contributed by atoms with Crippen molar-refractivity contribution in [2.45, 2.75) is 24.8 Å². The zero-order valence-corrected chi connectivity index (χ0v) is 17.9. The summed E-state index contributed by atoms with van der Waals surface area (Å²) < 4.78 is 56.1. The Morgan fingerprint density at radius 2 is 1.87 bits per heavy atom. The van der Waals surface area contributed by atoms with E-state index >= 15 is 0 Å². The molecule has 0 fully saturated rings. The van der Waals surface area contributed by atoms with Gasteiger partial charge in [-0.15, -0.1) is 0 Å². The Balaban J connectivity index is 1.85. The van der Waals surface area contributed by atoms with Gasteiger partial charge in [-0.05, 0) is 54.4 Å². The number of benzene rings is 2. The molecule has 0 radical (unpaired) electrons. The van der Waals surface area contributed by atoms with Gasteiger partial charge < -0.3 is 5.32 Å². The third kappa shape index (κ3) is 3.84. The number of aromatic nitrogens is 2. The number of rotatable bonds is 6. The van der Waals surface area contributed by atoms with E-state index in [9.17, 15) is 17.2 Å². The molecule has 0 saturated heterocycles. The molecule has 0 amide bonds. The van der Waals surface area contributed by atoms with E-state index in [-0.39, 0.29) is 22.4 Å². The van der Waals surface area contributed by atoms with Crippen LogP contribution in [0.2, 0.25) is 0 Å². The molecule has 8 heteroatoms. The molecule has 2 heterocycles. The van der Waals surface area contributed by atoms with Crippen molar-refractivity contribution in [1.82, 2.24) is 14.3 Å². The number of nitrogens with zero attached hydrogens (tertiary/aromatic N) is 2. The SMILES string of the molecule is CNCc1cn(S(=O)(=O)c2cccnc2)c2cc(Cc3ccc(C)c(F)c3F)ccc12. The second-order valence-corrected chi connectivity index (χ2v) is 9.19. The number of nitrogens with one attached hydrogen (secondary N) is 1. The van der Waals surface area contributed by atoms with E-state index < -0.39 is 21.7 Å². The zero-order valence-electron chi connectivity index (χ0n) is 17.1. The predicted molar refractivity (Wildman–Crippen MR) is 115 cm³/mol. The third-order valence-electron chi connectivity index (χ3n) is 5.23. The zero-order chi connectivity index (χ0) is 22.2. The van der Waals surface area contributed by atoms with Gasteiger partial charge in [0.2, 0.25) is 0 Å². The highest BCUT2D eigenvalue weighted by molar-refractivity contribution is 7.90. The standard InChI is InChI=1S/C23H21F2N3O2S/c1-15-5-7-17(23(25)22(15)24)10-16-6-8-20-18(12-26-2)14-28(21(20)11-16)31(29,30)19-4-3-9-27-13-19/h3-9,11,13-14,26H,10,12H2,1-2H3. The number of aryl methyl sites for hydroxylation is 1. The van der Waals surface area contributed by atoms with Crippen molar-refractivity contribution in [1.29, 1.82) is 0 Å². The van der Waals surface area contributed by atoms with E-state index in [1.165, 1.54) is 35.4 Å². The second kappa shape index (κ2) is 8.20. The van der Waals surface area contributed by atoms with Crippen molar-refractivity contribution in [3.63, 3.8) is 0 Å². The maximum Gasteiger partial charge on any atom is 0.269 e. The lowest BCUT2D eigenvalue weighted by molar-refractivity contribution is 0.495. The van der Waals surface area contributed by atoms with Gasteiger partial charge in [-0.3, -0.25) is 4.98 Å². The Hall–Kier alpha value is -3.10. The van der Waals surface area contributed by atoms with Crippen molar-refractivity contribution in [2.24, 2.45) is 0 Å². The first-order valence-corrected chi connectivity index (χ1v) is 11.1. The number of pyridine rings is 1. The second-order valence-electron chi connectivity index (χ2n) is 7.37. The van der Waals surface area contributed by atoms with Crippen LogP contribution in [-0.4, -0.2) is 24.4 Å². The van der Waals surface area contributed by atoms with Gasteiger partial charge in [0.15, 0.2) is 11.6 Å². The average Bonchev–Trinajstić information content (AvgIpc) is 3.13. The Kier molecular flexibility index (Phi) is 5.60. The molecule has 0 atom stereocenters. The summed E-state index contributed by atoms with van der Waals surface area (Å²) in [5, 5.41) is 3.81. The molecule has 0 spiro atoms. The van der Waals surface area contributed by atoms with Gasteiger partial charge in [0.25, 0.3) is 10.0 Å². The molecule has 31 heavy (non-hydrogen) atoms. The highest BCUT2D eigenvalue weighted by Gasteiger charge is 2.22. The van der Waals surface area contributed by atoms with Crippen LogP contribution in [0.5, 0.6) is 0 Å². The van der Waals surface area contributed by atoms with E-state index in [1.54, 1.807) is 37.5 Å². The highest BCUT2D eigenvalue weighted by Crippen LogP contribution is 2.28. The van der Waals surface area contributed by atoms with Gasteiger partial charge in [-0.1, -0.05) is 24.3 Å². The van der Waals surface area contributed by atoms with E-state index in [0.717, 1.165) is 10.9 Å². The lowest BCUT2D eigenvalue weighted by atomic mass is 10.0. The van der Waals surface area contributed by atoms with Gasteiger partial charge in [-0.25, -0.2) is 21.2 Å². The summed E-state index contributed by atoms with van der Waals surface area (Å²) in [6.45, 7) is 1.98. The van der Waals surface area contributed by atoms with E-state index in [4.69, 9.17) is 0 Å². The highest BCUT2D eigenvalue weighted by atomic mass is 32.2. The minimum atomic E-state index is -3.88. The minimum Gasteiger partial charge on any atom is -0.316 e. The van der Waals surface area contributed by atoms with Crippen LogP contribution in [0.25, 0.3) is 10.9 Å². The molecule has 2 aromatic heterocycles. The molecule has 2 aromatic carbocycles. The summed E-state index contributed by atoms with van der Waals surface area (Å²) in [4.78, 5) is 3.99. The Labute approximate surface area is 179 Å². The van der Waals surface area contributed by atoms with Gasteiger partial charge in [-0.2, -0.15) is 0 Å². The molecule has 1 N–H and O–H groups in total. The molecule has 0 saturated carbocycles. The Morgan fingerprint density at radius 3 is 2.58 bits per heavy atom. The topological polar surface area (TPSA) is 64.0 Å². The van der Waals surface area contributed by atoms with Gasteiger partial charge in [0.05, 0.1) is 5.52 Å². The number of fused-ring (bicyclic) bond motifs is 1. The largest absolute Gasteiger partial charge is 0.316 e. The molecule has 0 aliphatic heterocycles. The average molecular weight is 442 g/mol. The quantitative estimate of drug-likeness (QED) is 0.488. The fraction of sp³-hybridized carbons (Fsp3) is 0.174. The first-order chi connectivity index (χ1) is 14.8. The van der Waals surface area contributed by atoms with Crippen molar-refractivity contribution < 1.29 is 17.2 Å². The van der Waals surface area contributed by atoms with Gasteiger partial charge in [0.1, 0.15) is 4.90 Å². The smallest absolute Gasteiger partial charge is 0.269 e. The van der Waals surface area contributed by atoms with Crippen LogP contribution in [0.1, 0.15) is 22.3 Å². The first kappa shape index (κ1) is 21.1. The molecular weight excluding hydrogens is 420 g/mol. The molecule has 0 unspecified atom stereocenters. The van der Waals surface area contributed by atoms with Crippen molar-refractivity contribution in [3.8, 4) is 0 Å². The summed E-state index contributed by atoms with van der Waals surface area (Å²) >= 11 is 0. The summed E-state index contributed by atoms with van der Waals surface area (Å²) in [5.74, 6) is -1.74. The molecule has 4 rings (SSSR count). The lowest BCUT2D eigenvalue weighted by Gasteiger charge is -2.09. The molecule has 4 aromatic rings. The van der Waals surface area contributed by atoms with Crippen LogP contribution >= 0.6 is 0 Å². The predicted octanol–water partition coefficient (Wildman–Crippen LogP) is 4.17. The summed E-state index contributed by atoms with van der Waals surface area (Å²) in [5.41, 5.74) is 2.41. The summed E-state index contributed by atoms with van der Waals surface area (Å²) in [6.07, 6.45) is 4.53. The van der Waals surface area contributed by atoms with Gasteiger partial charge in [0, 0.05) is 36.9 Å². The monoisotopic (exact) mass is 441 g/mol. The molecule has 5 nitrogen and oxygen atoms in total. The fourth-order valence-corrected chi connectivity index (χ4v) is 4.96. The molecule has 0 aliphatic carbocycles. The number of hydrogen-bond acceptors (Lipinski definition) is 4. The number of hydrogen-bond donors (Lipinski definition) is 1. The van der Waals surface area contributed by atoms with Crippen LogP contribution in [0, 0.1) is 18.6 Å². The van der Waals surface area contributed by atoms with E-state index in [1.807, 2.05) is 6.07 Å². The normalized spacial score (nSPS) is 11.9. The van der Waals surface area contributed by atoms with Gasteiger partial charge >= 0.3 is 0 Å². The molecular formula is C23H21F2N3O2S. The van der Waals surface area contributed by atoms with Crippen LogP contribution in [0.15, 0.2) is 66.0 Å². The Bertz CT molecular complexity index is 1370. The molecule has 160 valence electrons. The van der Waals surface area contributed by atoms with Crippen LogP contribution in [0.4, 0.5) is 8.78 Å². The van der Waals surface area contributed by atoms with E-state index in [2.05, 4.69) is 10.3 Å². The summed E-state index contributed by atoms with van der Waals surface area (Å²) in [6, 6.07) is 11.5. The third-order valence-corrected chi connectivity index (χ3v) is 6.88. The lowest BCUT2D eigenvalue weighted by Crippen LogP contribution is -2.12. The fourth-order valence-electron chi connectivity index (χ4n) is 3.61.